The van der Waals surface area contributed by atoms with Gasteiger partial charge < -0.3 is 30.3 Å². The first kappa shape index (κ1) is 35.1. The minimum atomic E-state index is -0.688. The SMILES string of the molecule is C=CCOCCOCCNC(=O)CC[C@@H](CO)NC(=C)CCCCCCCCCCCCCCC(=O)O. The second kappa shape index (κ2) is 27.1. The average Bonchev–Trinajstić information content (AvgIpc) is 2.88. The van der Waals surface area contributed by atoms with Crippen molar-refractivity contribution >= 4 is 11.9 Å². The fraction of sp³-hybridized carbons (Fsp3) is 0.793. The number of aliphatic hydroxyl groups is 1. The minimum Gasteiger partial charge on any atom is -0.481 e. The Morgan fingerprint density at radius 2 is 1.32 bits per heavy atom. The van der Waals surface area contributed by atoms with Gasteiger partial charge in [-0.1, -0.05) is 76.9 Å². The van der Waals surface area contributed by atoms with Crippen molar-refractivity contribution in [3.63, 3.8) is 0 Å². The first-order valence-corrected chi connectivity index (χ1v) is 14.3. The van der Waals surface area contributed by atoms with Crippen molar-refractivity contribution in [1.82, 2.24) is 10.6 Å². The van der Waals surface area contributed by atoms with Crippen LogP contribution in [0.5, 0.6) is 0 Å². The second-order valence-corrected chi connectivity index (χ2v) is 9.63. The monoisotopic (exact) mass is 526 g/mol. The topological polar surface area (TPSA) is 117 Å². The third kappa shape index (κ3) is 27.0. The van der Waals surface area contributed by atoms with E-state index in [0.29, 0.717) is 52.2 Å². The van der Waals surface area contributed by atoms with E-state index in [1.165, 1.54) is 51.4 Å². The molecule has 0 unspecified atom stereocenters. The highest BCUT2D eigenvalue weighted by Crippen LogP contribution is 2.14. The number of carboxylic acid groups (broad SMARTS) is 1. The predicted molar refractivity (Wildman–Crippen MR) is 150 cm³/mol. The zero-order chi connectivity index (χ0) is 27.4. The molecule has 0 saturated carbocycles. The second-order valence-electron chi connectivity index (χ2n) is 9.63. The largest absolute Gasteiger partial charge is 0.481 e. The summed E-state index contributed by atoms with van der Waals surface area (Å²) < 4.78 is 10.6. The Labute approximate surface area is 225 Å². The van der Waals surface area contributed by atoms with E-state index >= 15 is 0 Å². The molecule has 4 N–H and O–H groups in total. The van der Waals surface area contributed by atoms with E-state index in [0.717, 1.165) is 37.8 Å². The highest BCUT2D eigenvalue weighted by Gasteiger charge is 2.11. The van der Waals surface area contributed by atoms with Gasteiger partial charge in [0.15, 0.2) is 0 Å². The zero-order valence-corrected chi connectivity index (χ0v) is 23.2. The van der Waals surface area contributed by atoms with Gasteiger partial charge in [0.25, 0.3) is 0 Å². The van der Waals surface area contributed by atoms with Gasteiger partial charge in [0.1, 0.15) is 0 Å². The van der Waals surface area contributed by atoms with Crippen LogP contribution >= 0.6 is 0 Å². The molecule has 0 aliphatic rings. The van der Waals surface area contributed by atoms with Crippen LogP contribution in [0.25, 0.3) is 0 Å². The van der Waals surface area contributed by atoms with Gasteiger partial charge >= 0.3 is 5.97 Å². The maximum atomic E-state index is 12.0. The lowest BCUT2D eigenvalue weighted by Gasteiger charge is -2.19. The van der Waals surface area contributed by atoms with Crippen LogP contribution in [0, 0.1) is 0 Å². The first-order valence-electron chi connectivity index (χ1n) is 14.3. The molecule has 0 spiro atoms. The normalized spacial score (nSPS) is 11.7. The lowest BCUT2D eigenvalue weighted by atomic mass is 10.0. The lowest BCUT2D eigenvalue weighted by Crippen LogP contribution is -2.34. The summed E-state index contributed by atoms with van der Waals surface area (Å²) in [6.45, 7) is 10.0. The van der Waals surface area contributed by atoms with Crippen LogP contribution in [-0.2, 0) is 19.1 Å². The molecule has 216 valence electrons. The van der Waals surface area contributed by atoms with Gasteiger partial charge in [-0.2, -0.15) is 0 Å². The summed E-state index contributed by atoms with van der Waals surface area (Å²) in [6, 6.07) is -0.159. The number of unbranched alkanes of at least 4 members (excludes halogenated alkanes) is 11. The number of carbonyl (C=O) groups is 2. The quantitative estimate of drug-likeness (QED) is 0.0790. The zero-order valence-electron chi connectivity index (χ0n) is 23.2. The van der Waals surface area contributed by atoms with Crippen LogP contribution < -0.4 is 10.6 Å². The molecule has 0 aliphatic heterocycles. The number of hydrogen-bond donors (Lipinski definition) is 4. The molecule has 0 fully saturated rings. The van der Waals surface area contributed by atoms with Gasteiger partial charge in [-0.05, 0) is 25.7 Å². The Balaban J connectivity index is 3.55. The fourth-order valence-corrected chi connectivity index (χ4v) is 4.00. The number of hydrogen-bond acceptors (Lipinski definition) is 6. The summed E-state index contributed by atoms with van der Waals surface area (Å²) in [5.74, 6) is -0.736. The number of carbonyl (C=O) groups excluding carboxylic acids is 1. The molecule has 0 saturated heterocycles. The van der Waals surface area contributed by atoms with Crippen molar-refractivity contribution < 1.29 is 29.3 Å². The van der Waals surface area contributed by atoms with E-state index in [-0.39, 0.29) is 18.6 Å². The molecule has 0 aliphatic carbocycles. The van der Waals surface area contributed by atoms with E-state index in [1.807, 2.05) is 0 Å². The Kier molecular flexibility index (Phi) is 25.7. The molecule has 0 bridgehead atoms. The van der Waals surface area contributed by atoms with Gasteiger partial charge in [-0.25, -0.2) is 0 Å². The fourth-order valence-electron chi connectivity index (χ4n) is 4.00. The van der Waals surface area contributed by atoms with E-state index in [2.05, 4.69) is 23.8 Å². The first-order chi connectivity index (χ1) is 18.0. The number of aliphatic carboxylic acids is 1. The third-order valence-corrected chi connectivity index (χ3v) is 6.14. The molecule has 0 aromatic rings. The van der Waals surface area contributed by atoms with E-state index in [4.69, 9.17) is 14.6 Å². The maximum absolute atomic E-state index is 12.0. The number of rotatable bonds is 29. The molecule has 0 radical (unpaired) electrons. The predicted octanol–water partition coefficient (Wildman–Crippen LogP) is 5.11. The number of amides is 1. The van der Waals surface area contributed by atoms with Crippen LogP contribution in [0.2, 0.25) is 0 Å². The average molecular weight is 527 g/mol. The maximum Gasteiger partial charge on any atom is 0.303 e. The van der Waals surface area contributed by atoms with Crippen molar-refractivity contribution in [1.29, 1.82) is 0 Å². The number of allylic oxidation sites excluding steroid dienone is 1. The van der Waals surface area contributed by atoms with Crippen LogP contribution in [0.3, 0.4) is 0 Å². The Morgan fingerprint density at radius 3 is 1.86 bits per heavy atom. The summed E-state index contributed by atoms with van der Waals surface area (Å²) >= 11 is 0. The number of carboxylic acids is 1. The van der Waals surface area contributed by atoms with Gasteiger partial charge in [-0.15, -0.1) is 6.58 Å². The number of aliphatic hydroxyl groups excluding tert-OH is 1. The molecule has 0 heterocycles. The van der Waals surface area contributed by atoms with Gasteiger partial charge in [0, 0.05) is 31.1 Å². The van der Waals surface area contributed by atoms with Gasteiger partial charge in [0.05, 0.1) is 33.0 Å². The third-order valence-electron chi connectivity index (χ3n) is 6.14. The molecular formula is C29H54N2O6. The van der Waals surface area contributed by atoms with Crippen molar-refractivity contribution in [2.24, 2.45) is 0 Å². The van der Waals surface area contributed by atoms with Crippen molar-refractivity contribution in [2.45, 2.75) is 109 Å². The van der Waals surface area contributed by atoms with Gasteiger partial charge in [0.2, 0.25) is 5.91 Å². The van der Waals surface area contributed by atoms with E-state index < -0.39 is 5.97 Å². The summed E-state index contributed by atoms with van der Waals surface area (Å²) in [6.07, 6.45) is 17.8. The van der Waals surface area contributed by atoms with Crippen LogP contribution in [-0.4, -0.2) is 67.7 Å². The smallest absolute Gasteiger partial charge is 0.303 e. The minimum absolute atomic E-state index is 0.0253. The highest BCUT2D eigenvalue weighted by atomic mass is 16.5. The van der Waals surface area contributed by atoms with E-state index in [1.54, 1.807) is 6.08 Å². The molecule has 37 heavy (non-hydrogen) atoms. The Hall–Kier alpha value is -1.90. The van der Waals surface area contributed by atoms with Crippen molar-refractivity contribution in [2.75, 3.05) is 39.6 Å². The van der Waals surface area contributed by atoms with Crippen molar-refractivity contribution in [3.8, 4) is 0 Å². The summed E-state index contributed by atoms with van der Waals surface area (Å²) in [5.41, 5.74) is 0.926. The molecule has 0 rings (SSSR count). The molecule has 8 heteroatoms. The Morgan fingerprint density at radius 1 is 0.784 bits per heavy atom. The molecule has 0 aromatic carbocycles. The van der Waals surface area contributed by atoms with E-state index in [9.17, 15) is 14.7 Å². The summed E-state index contributed by atoms with van der Waals surface area (Å²) in [5, 5.41) is 24.4. The standard InChI is InChI=1S/C29H54N2O6/c1-3-21-36-23-24-37-22-20-30-28(33)19-18-27(25-32)31-26(2)16-14-12-10-8-6-4-5-7-9-11-13-15-17-29(34)35/h3,27,31-32H,1-2,4-25H2,(H,30,33)(H,34,35)/t27-/m0/s1. The summed E-state index contributed by atoms with van der Waals surface area (Å²) in [7, 11) is 0. The molecular weight excluding hydrogens is 472 g/mol. The van der Waals surface area contributed by atoms with Crippen LogP contribution in [0.1, 0.15) is 103 Å². The highest BCUT2D eigenvalue weighted by molar-refractivity contribution is 5.75. The van der Waals surface area contributed by atoms with Crippen LogP contribution in [0.4, 0.5) is 0 Å². The molecule has 1 atom stereocenters. The molecule has 1 amide bonds. The lowest BCUT2D eigenvalue weighted by molar-refractivity contribution is -0.137. The van der Waals surface area contributed by atoms with Crippen LogP contribution in [0.15, 0.2) is 24.9 Å². The molecule has 8 nitrogen and oxygen atoms in total. The van der Waals surface area contributed by atoms with Gasteiger partial charge in [-0.3, -0.25) is 9.59 Å². The number of ether oxygens (including phenoxy) is 2. The van der Waals surface area contributed by atoms with Crippen molar-refractivity contribution in [3.05, 3.63) is 24.9 Å². The summed E-state index contributed by atoms with van der Waals surface area (Å²) in [4.78, 5) is 22.5. The Bertz CT molecular complexity index is 585. The molecule has 0 aromatic heterocycles. The number of nitrogens with one attached hydrogen (secondary N) is 2.